The van der Waals surface area contributed by atoms with Crippen LogP contribution >= 0.6 is 0 Å². The smallest absolute Gasteiger partial charge is 0.253 e. The molecule has 5 nitrogen and oxygen atoms in total. The fourth-order valence-electron chi connectivity index (χ4n) is 4.50. The molecule has 152 valence electrons. The van der Waals surface area contributed by atoms with E-state index in [1.54, 1.807) is 0 Å². The van der Waals surface area contributed by atoms with Crippen molar-refractivity contribution >= 4 is 23.2 Å². The summed E-state index contributed by atoms with van der Waals surface area (Å²) in [5, 5.41) is 0. The minimum absolute atomic E-state index is 0.0869. The van der Waals surface area contributed by atoms with Crippen LogP contribution in [0.25, 0.3) is 0 Å². The number of fused-ring (bicyclic) bond motifs is 1. The molecule has 2 aromatic carbocycles. The van der Waals surface area contributed by atoms with E-state index in [0.717, 1.165) is 29.8 Å². The summed E-state index contributed by atoms with van der Waals surface area (Å²) in [4.78, 5) is 31.4. The summed E-state index contributed by atoms with van der Waals surface area (Å²) in [6.07, 6.45) is 1.32. The van der Waals surface area contributed by atoms with Gasteiger partial charge >= 0.3 is 0 Å². The molecule has 2 aliphatic rings. The molecule has 2 aliphatic heterocycles. The molecule has 2 amide bonds. The van der Waals surface area contributed by atoms with Gasteiger partial charge in [0.25, 0.3) is 5.91 Å². The van der Waals surface area contributed by atoms with Crippen LogP contribution in [0, 0.1) is 6.92 Å². The van der Waals surface area contributed by atoms with Gasteiger partial charge in [-0.25, -0.2) is 0 Å². The van der Waals surface area contributed by atoms with E-state index in [0.29, 0.717) is 26.1 Å². The molecule has 0 bridgehead atoms. The van der Waals surface area contributed by atoms with Crippen LogP contribution < -0.4 is 9.80 Å². The van der Waals surface area contributed by atoms with Crippen molar-refractivity contribution in [2.75, 3.05) is 36.0 Å². The third-order valence-corrected chi connectivity index (χ3v) is 6.07. The summed E-state index contributed by atoms with van der Waals surface area (Å²) < 4.78 is 0. The summed E-state index contributed by atoms with van der Waals surface area (Å²) in [6.45, 7) is 9.15. The average molecular weight is 392 g/mol. The number of amides is 2. The average Bonchev–Trinajstić information content (AvgIpc) is 3.15. The summed E-state index contributed by atoms with van der Waals surface area (Å²) in [5.74, 6) is 0.229. The molecule has 1 fully saturated rings. The van der Waals surface area contributed by atoms with Gasteiger partial charge in [0.2, 0.25) is 5.91 Å². The van der Waals surface area contributed by atoms with Crippen molar-refractivity contribution < 1.29 is 9.59 Å². The molecule has 29 heavy (non-hydrogen) atoms. The lowest BCUT2D eigenvalue weighted by atomic mass is 10.1. The quantitative estimate of drug-likeness (QED) is 0.802. The third kappa shape index (κ3) is 3.74. The maximum atomic E-state index is 13.1. The summed E-state index contributed by atoms with van der Waals surface area (Å²) in [6, 6.07) is 14.6. The Balaban J connectivity index is 1.47. The van der Waals surface area contributed by atoms with E-state index in [4.69, 9.17) is 0 Å². The Hall–Kier alpha value is -2.82. The normalized spacial score (nSPS) is 18.7. The van der Waals surface area contributed by atoms with Crippen LogP contribution in [0.1, 0.15) is 41.8 Å². The summed E-state index contributed by atoms with van der Waals surface area (Å²) in [7, 11) is 0. The second-order valence-corrected chi connectivity index (χ2v) is 8.13. The van der Waals surface area contributed by atoms with Crippen LogP contribution in [0.2, 0.25) is 0 Å². The van der Waals surface area contributed by atoms with Crippen molar-refractivity contribution in [2.45, 2.75) is 39.7 Å². The molecule has 2 heterocycles. The first-order valence-corrected chi connectivity index (χ1v) is 10.5. The molecule has 0 aliphatic carbocycles. The number of rotatable bonds is 3. The molecular formula is C24H29N3O2. The number of aryl methyl sites for hydroxylation is 1. The molecule has 0 saturated carbocycles. The van der Waals surface area contributed by atoms with Crippen LogP contribution in [-0.4, -0.2) is 48.9 Å². The van der Waals surface area contributed by atoms with Gasteiger partial charge in [0.15, 0.2) is 0 Å². The van der Waals surface area contributed by atoms with Crippen LogP contribution in [0.4, 0.5) is 11.4 Å². The molecule has 4 rings (SSSR count). The van der Waals surface area contributed by atoms with E-state index in [1.807, 2.05) is 34.9 Å². The highest BCUT2D eigenvalue weighted by molar-refractivity contribution is 5.98. The molecule has 1 saturated heterocycles. The molecule has 0 aromatic heterocycles. The number of hydrogen-bond donors (Lipinski definition) is 0. The number of nitrogens with zero attached hydrogens (tertiary/aromatic N) is 3. The van der Waals surface area contributed by atoms with Gasteiger partial charge in [0.05, 0.1) is 0 Å². The number of carbonyl (C=O) groups excluding carboxylic acids is 2. The predicted octanol–water partition coefficient (Wildman–Crippen LogP) is 3.65. The van der Waals surface area contributed by atoms with E-state index < -0.39 is 0 Å². The minimum atomic E-state index is 0.0869. The van der Waals surface area contributed by atoms with Crippen molar-refractivity contribution in [2.24, 2.45) is 0 Å². The van der Waals surface area contributed by atoms with Crippen LogP contribution in [-0.2, 0) is 11.2 Å². The summed E-state index contributed by atoms with van der Waals surface area (Å²) in [5.41, 5.74) is 5.27. The van der Waals surface area contributed by atoms with Gasteiger partial charge in [-0.05, 0) is 61.7 Å². The number of hydrogen-bond acceptors (Lipinski definition) is 3. The highest BCUT2D eigenvalue weighted by Gasteiger charge is 2.29. The SMILES string of the molecule is CCC(=O)N1CCc2cc(C(=O)N3CCN(c4cccc(C)c4)C(C)C3)ccc21. The molecule has 1 unspecified atom stereocenters. The lowest BCUT2D eigenvalue weighted by molar-refractivity contribution is -0.118. The van der Waals surface area contributed by atoms with E-state index in [-0.39, 0.29) is 17.9 Å². The van der Waals surface area contributed by atoms with E-state index in [9.17, 15) is 9.59 Å². The largest absolute Gasteiger partial charge is 0.365 e. The minimum Gasteiger partial charge on any atom is -0.365 e. The van der Waals surface area contributed by atoms with Crippen LogP contribution in [0.15, 0.2) is 42.5 Å². The molecule has 0 radical (unpaired) electrons. The van der Waals surface area contributed by atoms with Gasteiger partial charge < -0.3 is 14.7 Å². The molecule has 5 heteroatoms. The molecule has 2 aromatic rings. The Morgan fingerprint density at radius 3 is 2.62 bits per heavy atom. The fourth-order valence-corrected chi connectivity index (χ4v) is 4.50. The maximum absolute atomic E-state index is 13.1. The lowest BCUT2D eigenvalue weighted by Crippen LogP contribution is -2.53. The zero-order chi connectivity index (χ0) is 20.5. The Kier molecular flexibility index (Phi) is 5.31. The Morgan fingerprint density at radius 2 is 1.90 bits per heavy atom. The van der Waals surface area contributed by atoms with Crippen molar-refractivity contribution in [3.05, 3.63) is 59.2 Å². The number of anilines is 2. The second kappa shape index (κ2) is 7.90. The van der Waals surface area contributed by atoms with Gasteiger partial charge in [-0.3, -0.25) is 9.59 Å². The van der Waals surface area contributed by atoms with E-state index >= 15 is 0 Å². The Bertz CT molecular complexity index is 939. The van der Waals surface area contributed by atoms with Gasteiger partial charge in [-0.15, -0.1) is 0 Å². The molecule has 1 atom stereocenters. The Morgan fingerprint density at radius 1 is 1.07 bits per heavy atom. The fraction of sp³-hybridized carbons (Fsp3) is 0.417. The number of piperazine rings is 1. The maximum Gasteiger partial charge on any atom is 0.253 e. The van der Waals surface area contributed by atoms with Gasteiger partial charge in [-0.1, -0.05) is 19.1 Å². The third-order valence-electron chi connectivity index (χ3n) is 6.07. The first-order chi connectivity index (χ1) is 14.0. The first-order valence-electron chi connectivity index (χ1n) is 10.5. The van der Waals surface area contributed by atoms with Crippen molar-refractivity contribution in [3.8, 4) is 0 Å². The second-order valence-electron chi connectivity index (χ2n) is 8.13. The number of carbonyl (C=O) groups is 2. The van der Waals surface area contributed by atoms with Gasteiger partial charge in [0.1, 0.15) is 0 Å². The first kappa shape index (κ1) is 19.5. The monoisotopic (exact) mass is 391 g/mol. The molecular weight excluding hydrogens is 362 g/mol. The Labute approximate surface area is 172 Å². The van der Waals surface area contributed by atoms with Gasteiger partial charge in [0, 0.05) is 55.6 Å². The highest BCUT2D eigenvalue weighted by atomic mass is 16.2. The standard InChI is InChI=1S/C24H29N3O2/c1-4-23(28)27-11-10-19-15-20(8-9-22(19)27)24(29)25-12-13-26(18(3)16-25)21-7-5-6-17(2)14-21/h5-9,14-15,18H,4,10-13,16H2,1-3H3. The van der Waals surface area contributed by atoms with Gasteiger partial charge in [-0.2, -0.15) is 0 Å². The van der Waals surface area contributed by atoms with Crippen LogP contribution in [0.5, 0.6) is 0 Å². The van der Waals surface area contributed by atoms with Crippen molar-refractivity contribution in [1.82, 2.24) is 4.90 Å². The zero-order valence-electron chi connectivity index (χ0n) is 17.5. The number of benzene rings is 2. The highest BCUT2D eigenvalue weighted by Crippen LogP contribution is 2.30. The lowest BCUT2D eigenvalue weighted by Gasteiger charge is -2.41. The van der Waals surface area contributed by atoms with Crippen molar-refractivity contribution in [1.29, 1.82) is 0 Å². The topological polar surface area (TPSA) is 43.9 Å². The zero-order valence-corrected chi connectivity index (χ0v) is 17.5. The summed E-state index contributed by atoms with van der Waals surface area (Å²) >= 11 is 0. The molecule has 0 N–H and O–H groups in total. The van der Waals surface area contributed by atoms with Crippen molar-refractivity contribution in [3.63, 3.8) is 0 Å². The van der Waals surface area contributed by atoms with E-state index in [1.165, 1.54) is 11.3 Å². The van der Waals surface area contributed by atoms with Crippen LogP contribution in [0.3, 0.4) is 0 Å². The molecule has 0 spiro atoms. The van der Waals surface area contributed by atoms with E-state index in [2.05, 4.69) is 43.0 Å². The predicted molar refractivity (Wildman–Crippen MR) is 117 cm³/mol.